The molecule has 4 rings (SSSR count). The maximum Gasteiger partial charge on any atom is 0.410 e. The predicted octanol–water partition coefficient (Wildman–Crippen LogP) is 3.23. The van der Waals surface area contributed by atoms with Crippen molar-refractivity contribution in [3.63, 3.8) is 0 Å². The maximum atomic E-state index is 13.7. The summed E-state index contributed by atoms with van der Waals surface area (Å²) in [5.41, 5.74) is 1.00. The van der Waals surface area contributed by atoms with Crippen molar-refractivity contribution in [1.82, 2.24) is 29.3 Å². The van der Waals surface area contributed by atoms with Gasteiger partial charge in [0.25, 0.3) is 5.56 Å². The molecule has 35 heavy (non-hydrogen) atoms. The number of aromatic nitrogens is 4. The Bertz CT molecular complexity index is 1220. The number of hydrogen-bond acceptors (Lipinski definition) is 7. The average Bonchev–Trinajstić information content (AvgIpc) is 2.82. The number of hydrogen-bond donors (Lipinski definition) is 0. The van der Waals surface area contributed by atoms with Crippen molar-refractivity contribution in [2.45, 2.75) is 58.3 Å². The zero-order valence-corrected chi connectivity index (χ0v) is 20.4. The molecular formula is C25H31FN6O3. The van der Waals surface area contributed by atoms with Gasteiger partial charge in [-0.3, -0.25) is 24.6 Å². The van der Waals surface area contributed by atoms with Crippen LogP contribution in [-0.4, -0.2) is 66.7 Å². The molecule has 3 aromatic heterocycles. The van der Waals surface area contributed by atoms with Gasteiger partial charge < -0.3 is 14.2 Å². The fraction of sp³-hybridized carbons (Fsp3) is 0.480. The number of amides is 1. The zero-order chi connectivity index (χ0) is 25.0. The number of likely N-dealkylation sites (tertiary alicyclic amines) is 1. The fourth-order valence-corrected chi connectivity index (χ4v) is 4.32. The quantitative estimate of drug-likeness (QED) is 0.533. The summed E-state index contributed by atoms with van der Waals surface area (Å²) in [5.74, 6) is -0.469. The second-order valence-electron chi connectivity index (χ2n) is 9.76. The van der Waals surface area contributed by atoms with Crippen LogP contribution in [0.3, 0.4) is 0 Å². The minimum Gasteiger partial charge on any atom is -0.444 e. The third-order valence-electron chi connectivity index (χ3n) is 6.02. The summed E-state index contributed by atoms with van der Waals surface area (Å²) in [7, 11) is 0. The van der Waals surface area contributed by atoms with E-state index in [9.17, 15) is 14.0 Å². The lowest BCUT2D eigenvalue weighted by Crippen LogP contribution is -2.49. The molecule has 0 aliphatic carbocycles. The second-order valence-corrected chi connectivity index (χ2v) is 9.76. The zero-order valence-electron chi connectivity index (χ0n) is 20.4. The van der Waals surface area contributed by atoms with E-state index in [1.54, 1.807) is 34.1 Å². The number of carbonyl (C=O) groups is 1. The smallest absolute Gasteiger partial charge is 0.410 e. The van der Waals surface area contributed by atoms with Crippen molar-refractivity contribution in [3.05, 3.63) is 64.9 Å². The van der Waals surface area contributed by atoms with Crippen LogP contribution < -0.4 is 5.56 Å². The van der Waals surface area contributed by atoms with Crippen LogP contribution in [0, 0.1) is 5.82 Å². The van der Waals surface area contributed by atoms with Crippen molar-refractivity contribution < 1.29 is 13.9 Å². The third kappa shape index (κ3) is 6.39. The summed E-state index contributed by atoms with van der Waals surface area (Å²) >= 11 is 0. The van der Waals surface area contributed by atoms with E-state index in [0.717, 1.165) is 32.1 Å². The van der Waals surface area contributed by atoms with Gasteiger partial charge in [-0.05, 0) is 39.7 Å². The van der Waals surface area contributed by atoms with Crippen LogP contribution in [0.5, 0.6) is 0 Å². The van der Waals surface area contributed by atoms with Gasteiger partial charge in [-0.25, -0.2) is 9.18 Å². The van der Waals surface area contributed by atoms with E-state index >= 15 is 0 Å². The van der Waals surface area contributed by atoms with Crippen molar-refractivity contribution in [2.24, 2.45) is 0 Å². The highest BCUT2D eigenvalue weighted by Crippen LogP contribution is 2.22. The molecule has 9 nitrogen and oxygen atoms in total. The van der Waals surface area contributed by atoms with Gasteiger partial charge in [0.2, 0.25) is 0 Å². The number of pyridine rings is 2. The number of carbonyl (C=O) groups excluding carboxylic acids is 1. The highest BCUT2D eigenvalue weighted by atomic mass is 19.1. The lowest BCUT2D eigenvalue weighted by molar-refractivity contribution is 0.00531. The molecular weight excluding hydrogens is 451 g/mol. The van der Waals surface area contributed by atoms with Gasteiger partial charge >= 0.3 is 6.09 Å². The molecule has 1 saturated heterocycles. The molecule has 0 atom stereocenters. The summed E-state index contributed by atoms with van der Waals surface area (Å²) in [5, 5.41) is 0. The maximum absolute atomic E-state index is 13.7. The van der Waals surface area contributed by atoms with Gasteiger partial charge in [0.05, 0.1) is 35.7 Å². The molecule has 1 aliphatic rings. The molecule has 1 aliphatic heterocycles. The van der Waals surface area contributed by atoms with Crippen molar-refractivity contribution in [1.29, 1.82) is 0 Å². The number of ether oxygens (including phenoxy) is 1. The van der Waals surface area contributed by atoms with E-state index < -0.39 is 11.4 Å². The van der Waals surface area contributed by atoms with E-state index in [1.165, 1.54) is 12.1 Å². The monoisotopic (exact) mass is 482 g/mol. The molecule has 10 heteroatoms. The Balaban J connectivity index is 1.41. The van der Waals surface area contributed by atoms with Crippen LogP contribution in [-0.2, 0) is 17.8 Å². The topological polar surface area (TPSA) is 93.5 Å². The summed E-state index contributed by atoms with van der Waals surface area (Å²) < 4.78 is 21.0. The third-order valence-corrected chi connectivity index (χ3v) is 6.02. The first-order chi connectivity index (χ1) is 16.7. The largest absolute Gasteiger partial charge is 0.444 e. The number of fused-ring (bicyclic) bond motifs is 1. The first-order valence-corrected chi connectivity index (χ1v) is 11.8. The van der Waals surface area contributed by atoms with E-state index in [0.29, 0.717) is 36.4 Å². The van der Waals surface area contributed by atoms with E-state index in [1.807, 2.05) is 20.8 Å². The highest BCUT2D eigenvalue weighted by molar-refractivity contribution is 5.74. The summed E-state index contributed by atoms with van der Waals surface area (Å²) in [6, 6.07) is 4.43. The van der Waals surface area contributed by atoms with Gasteiger partial charge in [0.1, 0.15) is 11.4 Å². The Morgan fingerprint density at radius 2 is 1.91 bits per heavy atom. The lowest BCUT2D eigenvalue weighted by atomic mass is 10.0. The molecule has 0 spiro atoms. The lowest BCUT2D eigenvalue weighted by Gasteiger charge is -2.39. The summed E-state index contributed by atoms with van der Waals surface area (Å²) in [6.45, 7) is 8.48. The van der Waals surface area contributed by atoms with Crippen molar-refractivity contribution in [2.75, 3.05) is 19.6 Å². The number of rotatable bonds is 6. The van der Waals surface area contributed by atoms with E-state index in [-0.39, 0.29) is 17.7 Å². The first kappa shape index (κ1) is 24.7. The summed E-state index contributed by atoms with van der Waals surface area (Å²) in [6.07, 6.45) is 7.19. The molecule has 0 aromatic carbocycles. The predicted molar refractivity (Wildman–Crippen MR) is 129 cm³/mol. The molecule has 186 valence electrons. The van der Waals surface area contributed by atoms with Crippen molar-refractivity contribution in [3.8, 4) is 0 Å². The molecule has 3 aromatic rings. The summed E-state index contributed by atoms with van der Waals surface area (Å²) in [4.78, 5) is 42.0. The standard InChI is InChI=1S/C25H31FN6O3/c1-25(2,3)35-24(34)32(17-19-16-27-8-9-28-19)20-6-10-30(11-7-20)12-13-31-22-14-18(26)15-29-21(22)4-5-23(31)33/h4-5,8-9,14-16,20H,6-7,10-13,17H2,1-3H3. The Morgan fingerprint density at radius 1 is 1.14 bits per heavy atom. The Kier molecular flexibility index (Phi) is 7.39. The van der Waals surface area contributed by atoms with Crippen LogP contribution in [0.4, 0.5) is 9.18 Å². The second kappa shape index (κ2) is 10.5. The van der Waals surface area contributed by atoms with Crippen LogP contribution >= 0.6 is 0 Å². The van der Waals surface area contributed by atoms with Gasteiger partial charge in [0.15, 0.2) is 0 Å². The Morgan fingerprint density at radius 3 is 2.60 bits per heavy atom. The van der Waals surface area contributed by atoms with Crippen LogP contribution in [0.15, 0.2) is 47.8 Å². The van der Waals surface area contributed by atoms with Crippen LogP contribution in [0.25, 0.3) is 11.0 Å². The number of nitrogens with zero attached hydrogens (tertiary/aromatic N) is 6. The molecule has 1 fully saturated rings. The Labute approximate surface area is 203 Å². The number of halogens is 1. The number of piperidine rings is 1. The molecule has 1 amide bonds. The highest BCUT2D eigenvalue weighted by Gasteiger charge is 2.31. The minimum absolute atomic E-state index is 0.00156. The fourth-order valence-electron chi connectivity index (χ4n) is 4.32. The molecule has 4 heterocycles. The van der Waals surface area contributed by atoms with E-state index in [4.69, 9.17) is 4.74 Å². The van der Waals surface area contributed by atoms with Crippen LogP contribution in [0.1, 0.15) is 39.3 Å². The van der Waals surface area contributed by atoms with Crippen LogP contribution in [0.2, 0.25) is 0 Å². The van der Waals surface area contributed by atoms with Gasteiger partial charge in [-0.15, -0.1) is 0 Å². The SMILES string of the molecule is CC(C)(C)OC(=O)N(Cc1cnccn1)C1CCN(CCn2c(=O)ccc3ncc(F)cc32)CC1. The van der Waals surface area contributed by atoms with Gasteiger partial charge in [0, 0.05) is 56.7 Å². The Hall–Kier alpha value is -3.40. The van der Waals surface area contributed by atoms with Crippen molar-refractivity contribution >= 4 is 17.1 Å². The molecule has 0 N–H and O–H groups in total. The van der Waals surface area contributed by atoms with Gasteiger partial charge in [-0.2, -0.15) is 0 Å². The molecule has 0 radical (unpaired) electrons. The van der Waals surface area contributed by atoms with E-state index in [2.05, 4.69) is 19.9 Å². The molecule has 0 saturated carbocycles. The van der Waals surface area contributed by atoms with Gasteiger partial charge in [-0.1, -0.05) is 0 Å². The molecule has 0 unspecified atom stereocenters. The average molecular weight is 483 g/mol. The molecule has 0 bridgehead atoms. The minimum atomic E-state index is -0.599. The first-order valence-electron chi connectivity index (χ1n) is 11.8. The normalized spacial score (nSPS) is 15.3.